The SMILES string of the molecule is Cc1cccc(C)c1NC(=O)CSC1=N/C(=C\c2ccccc2)C(=O)N1c1ccc(F)cc1. The van der Waals surface area contributed by atoms with Crippen LogP contribution < -0.4 is 10.2 Å². The molecular formula is C26H22FN3O2S. The summed E-state index contributed by atoms with van der Waals surface area (Å²) in [5, 5.41) is 3.31. The number of rotatable bonds is 5. The molecule has 0 unspecified atom stereocenters. The Labute approximate surface area is 196 Å². The first-order chi connectivity index (χ1) is 15.9. The quantitative estimate of drug-likeness (QED) is 0.508. The molecule has 0 saturated carbocycles. The van der Waals surface area contributed by atoms with E-state index in [1.807, 2.05) is 62.4 Å². The van der Waals surface area contributed by atoms with Crippen molar-refractivity contribution in [2.24, 2.45) is 4.99 Å². The van der Waals surface area contributed by atoms with E-state index in [1.165, 1.54) is 29.2 Å². The molecule has 0 radical (unpaired) electrons. The van der Waals surface area contributed by atoms with Gasteiger partial charge in [0.15, 0.2) is 5.17 Å². The fourth-order valence-electron chi connectivity index (χ4n) is 3.44. The van der Waals surface area contributed by atoms with Crippen LogP contribution in [0.3, 0.4) is 0 Å². The zero-order valence-electron chi connectivity index (χ0n) is 18.2. The van der Waals surface area contributed by atoms with Gasteiger partial charge in [0.2, 0.25) is 5.91 Å². The molecule has 3 aromatic rings. The number of aryl methyl sites for hydroxylation is 2. The highest BCUT2D eigenvalue weighted by Crippen LogP contribution is 2.30. The molecule has 5 nitrogen and oxygen atoms in total. The third-order valence-electron chi connectivity index (χ3n) is 5.10. The largest absolute Gasteiger partial charge is 0.325 e. The highest BCUT2D eigenvalue weighted by atomic mass is 32.2. The average Bonchev–Trinajstić information content (AvgIpc) is 3.11. The maximum Gasteiger partial charge on any atom is 0.283 e. The summed E-state index contributed by atoms with van der Waals surface area (Å²) in [6, 6.07) is 20.8. The summed E-state index contributed by atoms with van der Waals surface area (Å²) < 4.78 is 13.5. The third-order valence-corrected chi connectivity index (χ3v) is 6.03. The van der Waals surface area contributed by atoms with Crippen molar-refractivity contribution in [2.45, 2.75) is 13.8 Å². The number of benzene rings is 3. The van der Waals surface area contributed by atoms with Crippen molar-refractivity contribution < 1.29 is 14.0 Å². The fraction of sp³-hybridized carbons (Fsp3) is 0.115. The highest BCUT2D eigenvalue weighted by Gasteiger charge is 2.32. The van der Waals surface area contributed by atoms with E-state index >= 15 is 0 Å². The van der Waals surface area contributed by atoms with Crippen molar-refractivity contribution in [2.75, 3.05) is 16.0 Å². The number of amides is 2. The molecule has 0 saturated heterocycles. The van der Waals surface area contributed by atoms with Gasteiger partial charge in [-0.15, -0.1) is 0 Å². The van der Waals surface area contributed by atoms with E-state index < -0.39 is 5.82 Å². The second kappa shape index (κ2) is 9.83. The van der Waals surface area contributed by atoms with Gasteiger partial charge in [0.05, 0.1) is 11.4 Å². The summed E-state index contributed by atoms with van der Waals surface area (Å²) in [6.07, 6.45) is 1.70. The van der Waals surface area contributed by atoms with Gasteiger partial charge in [0.25, 0.3) is 5.91 Å². The molecule has 33 heavy (non-hydrogen) atoms. The number of amidine groups is 1. The average molecular weight is 460 g/mol. The van der Waals surface area contributed by atoms with Crippen molar-refractivity contribution >= 4 is 46.2 Å². The molecule has 0 aromatic heterocycles. The number of hydrogen-bond donors (Lipinski definition) is 1. The van der Waals surface area contributed by atoms with Gasteiger partial charge in [-0.2, -0.15) is 0 Å². The molecule has 0 fully saturated rings. The van der Waals surface area contributed by atoms with Crippen molar-refractivity contribution in [3.8, 4) is 0 Å². The Bertz CT molecular complexity index is 1230. The summed E-state index contributed by atoms with van der Waals surface area (Å²) in [7, 11) is 0. The Hall–Kier alpha value is -3.71. The smallest absolute Gasteiger partial charge is 0.283 e. The topological polar surface area (TPSA) is 61.8 Å². The Balaban J connectivity index is 1.57. The molecule has 7 heteroatoms. The van der Waals surface area contributed by atoms with E-state index in [-0.39, 0.29) is 23.3 Å². The molecule has 1 aliphatic heterocycles. The second-order valence-corrected chi connectivity index (χ2v) is 8.50. The van der Waals surface area contributed by atoms with Crippen LogP contribution in [0, 0.1) is 19.7 Å². The molecule has 1 aliphatic rings. The van der Waals surface area contributed by atoms with E-state index in [0.29, 0.717) is 10.9 Å². The van der Waals surface area contributed by atoms with Gasteiger partial charge in [-0.05, 0) is 60.9 Å². The minimum atomic E-state index is -0.399. The summed E-state index contributed by atoms with van der Waals surface area (Å²) >= 11 is 1.16. The number of nitrogens with one attached hydrogen (secondary N) is 1. The van der Waals surface area contributed by atoms with Crippen LogP contribution in [0.25, 0.3) is 6.08 Å². The molecular weight excluding hydrogens is 437 g/mol. The summed E-state index contributed by atoms with van der Waals surface area (Å²) in [5.74, 6) is -0.865. The van der Waals surface area contributed by atoms with E-state index in [2.05, 4.69) is 10.3 Å². The minimum Gasteiger partial charge on any atom is -0.325 e. The maximum absolute atomic E-state index is 13.5. The number of nitrogens with zero attached hydrogens (tertiary/aromatic N) is 2. The Morgan fingerprint density at radius 2 is 1.67 bits per heavy atom. The highest BCUT2D eigenvalue weighted by molar-refractivity contribution is 8.14. The zero-order chi connectivity index (χ0) is 23.4. The Morgan fingerprint density at radius 1 is 1.00 bits per heavy atom. The molecule has 1 heterocycles. The van der Waals surface area contributed by atoms with Crippen molar-refractivity contribution in [3.05, 3.63) is 101 Å². The number of aliphatic imine (C=N–C) groups is 1. The third kappa shape index (κ3) is 5.21. The molecule has 166 valence electrons. The number of anilines is 2. The van der Waals surface area contributed by atoms with Crippen LogP contribution in [0.15, 0.2) is 83.5 Å². The predicted octanol–water partition coefficient (Wildman–Crippen LogP) is 5.56. The predicted molar refractivity (Wildman–Crippen MR) is 133 cm³/mol. The summed E-state index contributed by atoms with van der Waals surface area (Å²) in [4.78, 5) is 31.7. The van der Waals surface area contributed by atoms with E-state index in [9.17, 15) is 14.0 Å². The lowest BCUT2D eigenvalue weighted by molar-refractivity contribution is -0.114. The van der Waals surface area contributed by atoms with Gasteiger partial charge in [-0.25, -0.2) is 9.38 Å². The van der Waals surface area contributed by atoms with Crippen molar-refractivity contribution in [1.82, 2.24) is 0 Å². The number of carbonyl (C=O) groups is 2. The van der Waals surface area contributed by atoms with Crippen molar-refractivity contribution in [1.29, 1.82) is 0 Å². The maximum atomic E-state index is 13.5. The number of halogens is 1. The van der Waals surface area contributed by atoms with Crippen molar-refractivity contribution in [3.63, 3.8) is 0 Å². The first-order valence-corrected chi connectivity index (χ1v) is 11.4. The van der Waals surface area contributed by atoms with Gasteiger partial charge in [-0.3, -0.25) is 14.5 Å². The molecule has 0 bridgehead atoms. The standard InChI is InChI=1S/C26H22FN3O2S/c1-17-7-6-8-18(2)24(17)29-23(31)16-33-26-28-22(15-19-9-4-3-5-10-19)25(32)30(26)21-13-11-20(27)12-14-21/h3-15H,16H2,1-2H3,(H,29,31)/b22-15-. The van der Waals surface area contributed by atoms with Crippen LogP contribution in [-0.4, -0.2) is 22.7 Å². The number of carbonyl (C=O) groups excluding carboxylic acids is 2. The van der Waals surface area contributed by atoms with Gasteiger partial charge >= 0.3 is 0 Å². The number of hydrogen-bond acceptors (Lipinski definition) is 4. The Morgan fingerprint density at radius 3 is 2.33 bits per heavy atom. The first kappa shape index (κ1) is 22.5. The monoisotopic (exact) mass is 459 g/mol. The molecule has 4 rings (SSSR count). The minimum absolute atomic E-state index is 0.0657. The molecule has 2 amide bonds. The van der Waals surface area contributed by atoms with E-state index in [4.69, 9.17) is 0 Å². The molecule has 0 spiro atoms. The van der Waals surface area contributed by atoms with Crippen LogP contribution in [0.1, 0.15) is 16.7 Å². The number of para-hydroxylation sites is 1. The van der Waals surface area contributed by atoms with Crippen LogP contribution in [-0.2, 0) is 9.59 Å². The molecule has 0 aliphatic carbocycles. The fourth-order valence-corrected chi connectivity index (χ4v) is 4.25. The zero-order valence-corrected chi connectivity index (χ0v) is 19.0. The van der Waals surface area contributed by atoms with Crippen LogP contribution >= 0.6 is 11.8 Å². The lowest BCUT2D eigenvalue weighted by Crippen LogP contribution is -2.31. The van der Waals surface area contributed by atoms with Crippen LogP contribution in [0.2, 0.25) is 0 Å². The Kier molecular flexibility index (Phi) is 6.70. The van der Waals surface area contributed by atoms with E-state index in [1.54, 1.807) is 6.08 Å². The molecule has 0 atom stereocenters. The molecule has 3 aromatic carbocycles. The van der Waals surface area contributed by atoms with Gasteiger partial charge < -0.3 is 5.32 Å². The van der Waals surface area contributed by atoms with Gasteiger partial charge in [0.1, 0.15) is 11.5 Å². The molecule has 1 N–H and O–H groups in total. The second-order valence-electron chi connectivity index (χ2n) is 7.56. The normalized spacial score (nSPS) is 14.5. The van der Waals surface area contributed by atoms with E-state index in [0.717, 1.165) is 34.1 Å². The van der Waals surface area contributed by atoms with Crippen LogP contribution in [0.5, 0.6) is 0 Å². The lowest BCUT2D eigenvalue weighted by atomic mass is 10.1. The van der Waals surface area contributed by atoms with Gasteiger partial charge in [-0.1, -0.05) is 60.3 Å². The summed E-state index contributed by atoms with van der Waals surface area (Å²) in [5.41, 5.74) is 4.31. The first-order valence-electron chi connectivity index (χ1n) is 10.4. The summed E-state index contributed by atoms with van der Waals surface area (Å²) in [6.45, 7) is 3.87. The lowest BCUT2D eigenvalue weighted by Gasteiger charge is -2.18. The van der Waals surface area contributed by atoms with Crippen LogP contribution in [0.4, 0.5) is 15.8 Å². The number of thioether (sulfide) groups is 1. The van der Waals surface area contributed by atoms with Gasteiger partial charge in [0, 0.05) is 5.69 Å².